The van der Waals surface area contributed by atoms with Crippen LogP contribution in [0, 0.1) is 20.8 Å². The molecule has 3 rings (SSSR count). The Kier molecular flexibility index (Phi) is 3.53. The number of carbonyl (C=O) groups is 1. The standard InChI is InChI=1S/C15H20N4O2/c1-9-7-16-17-14(9)12-5-4-6-19(8-12)15(20)13-10(2)18-21-11(13)3/h7,12H,4-6,8H2,1-3H3,(H,16,17)/t12-/m1/s1. The third-order valence-electron chi connectivity index (χ3n) is 4.23. The first-order valence-electron chi connectivity index (χ1n) is 7.30. The molecule has 1 aliphatic rings. The van der Waals surface area contributed by atoms with Gasteiger partial charge in [0, 0.05) is 24.7 Å². The van der Waals surface area contributed by atoms with Gasteiger partial charge in [0.15, 0.2) is 0 Å². The molecule has 0 aromatic carbocycles. The van der Waals surface area contributed by atoms with Gasteiger partial charge in [0.05, 0.1) is 11.9 Å². The number of H-pyrrole nitrogens is 1. The molecule has 1 atom stereocenters. The molecule has 0 radical (unpaired) electrons. The molecule has 21 heavy (non-hydrogen) atoms. The van der Waals surface area contributed by atoms with Gasteiger partial charge in [-0.3, -0.25) is 9.89 Å². The summed E-state index contributed by atoms with van der Waals surface area (Å²) in [5.41, 5.74) is 3.58. The summed E-state index contributed by atoms with van der Waals surface area (Å²) in [4.78, 5) is 14.6. The maximum Gasteiger partial charge on any atom is 0.259 e. The Morgan fingerprint density at radius 1 is 1.43 bits per heavy atom. The molecule has 1 saturated heterocycles. The SMILES string of the molecule is Cc1cn[nH]c1[C@@H]1CCCN(C(=O)c2c(C)noc2C)C1. The van der Waals surface area contributed by atoms with Gasteiger partial charge in [-0.1, -0.05) is 5.16 Å². The number of hydrogen-bond donors (Lipinski definition) is 1. The zero-order valence-electron chi connectivity index (χ0n) is 12.6. The highest BCUT2D eigenvalue weighted by Crippen LogP contribution is 2.29. The molecule has 1 aliphatic heterocycles. The first-order chi connectivity index (χ1) is 10.1. The van der Waals surface area contributed by atoms with E-state index in [0.717, 1.165) is 30.6 Å². The normalized spacial score (nSPS) is 19.0. The first kappa shape index (κ1) is 13.9. The number of nitrogens with one attached hydrogen (secondary N) is 1. The van der Waals surface area contributed by atoms with Crippen LogP contribution in [0.3, 0.4) is 0 Å². The van der Waals surface area contributed by atoms with Crippen LogP contribution in [0.1, 0.15) is 51.8 Å². The number of piperidine rings is 1. The van der Waals surface area contributed by atoms with Crippen LogP contribution in [0.5, 0.6) is 0 Å². The largest absolute Gasteiger partial charge is 0.361 e. The minimum atomic E-state index is 0.0214. The van der Waals surface area contributed by atoms with Gasteiger partial charge in [-0.05, 0) is 39.2 Å². The van der Waals surface area contributed by atoms with Crippen molar-refractivity contribution >= 4 is 5.91 Å². The van der Waals surface area contributed by atoms with Crippen molar-refractivity contribution in [3.8, 4) is 0 Å². The molecule has 0 unspecified atom stereocenters. The lowest BCUT2D eigenvalue weighted by Crippen LogP contribution is -2.39. The van der Waals surface area contributed by atoms with Crippen molar-refractivity contribution in [1.82, 2.24) is 20.3 Å². The first-order valence-corrected chi connectivity index (χ1v) is 7.30. The average Bonchev–Trinajstić information content (AvgIpc) is 3.05. The summed E-state index contributed by atoms with van der Waals surface area (Å²) in [6, 6.07) is 0. The fraction of sp³-hybridized carbons (Fsp3) is 0.533. The Morgan fingerprint density at radius 3 is 2.86 bits per heavy atom. The minimum absolute atomic E-state index is 0.0214. The van der Waals surface area contributed by atoms with Crippen molar-refractivity contribution < 1.29 is 9.32 Å². The predicted molar refractivity (Wildman–Crippen MR) is 77.2 cm³/mol. The monoisotopic (exact) mass is 288 g/mol. The molecule has 0 bridgehead atoms. The zero-order chi connectivity index (χ0) is 15.0. The van der Waals surface area contributed by atoms with Crippen LogP contribution in [0.2, 0.25) is 0 Å². The zero-order valence-corrected chi connectivity index (χ0v) is 12.6. The third-order valence-corrected chi connectivity index (χ3v) is 4.23. The number of carbonyl (C=O) groups excluding carboxylic acids is 1. The Hall–Kier alpha value is -2.11. The van der Waals surface area contributed by atoms with Crippen LogP contribution in [-0.2, 0) is 0 Å². The number of likely N-dealkylation sites (tertiary alicyclic amines) is 1. The van der Waals surface area contributed by atoms with Crippen LogP contribution < -0.4 is 0 Å². The molecule has 2 aromatic rings. The van der Waals surface area contributed by atoms with Gasteiger partial charge < -0.3 is 9.42 Å². The van der Waals surface area contributed by atoms with E-state index >= 15 is 0 Å². The second kappa shape index (κ2) is 5.35. The Bertz CT molecular complexity index is 639. The fourth-order valence-electron chi connectivity index (χ4n) is 3.11. The Labute approximate surface area is 123 Å². The van der Waals surface area contributed by atoms with E-state index in [1.54, 1.807) is 6.92 Å². The molecule has 2 aromatic heterocycles. The number of hydrogen-bond acceptors (Lipinski definition) is 4. The lowest BCUT2D eigenvalue weighted by atomic mass is 9.92. The summed E-state index contributed by atoms with van der Waals surface area (Å²) >= 11 is 0. The molecule has 0 aliphatic carbocycles. The summed E-state index contributed by atoms with van der Waals surface area (Å²) in [5.74, 6) is 0.941. The summed E-state index contributed by atoms with van der Waals surface area (Å²) in [6.45, 7) is 7.14. The molecule has 0 saturated carbocycles. The molecule has 6 nitrogen and oxygen atoms in total. The van der Waals surface area contributed by atoms with E-state index in [9.17, 15) is 4.79 Å². The number of nitrogens with zero attached hydrogens (tertiary/aromatic N) is 3. The summed E-state index contributed by atoms with van der Waals surface area (Å²) in [6.07, 6.45) is 3.91. The second-order valence-electron chi connectivity index (χ2n) is 5.76. The third kappa shape index (κ3) is 2.46. The van der Waals surface area contributed by atoms with Crippen LogP contribution >= 0.6 is 0 Å². The van der Waals surface area contributed by atoms with E-state index in [2.05, 4.69) is 15.4 Å². The summed E-state index contributed by atoms with van der Waals surface area (Å²) in [5, 5.41) is 11.0. The van der Waals surface area contributed by atoms with Crippen molar-refractivity contribution in [2.24, 2.45) is 0 Å². The molecular weight excluding hydrogens is 268 g/mol. The summed E-state index contributed by atoms with van der Waals surface area (Å²) in [7, 11) is 0. The minimum Gasteiger partial charge on any atom is -0.361 e. The van der Waals surface area contributed by atoms with Gasteiger partial charge in [0.1, 0.15) is 11.3 Å². The molecule has 3 heterocycles. The van der Waals surface area contributed by atoms with Gasteiger partial charge in [0.2, 0.25) is 0 Å². The van der Waals surface area contributed by atoms with Gasteiger partial charge in [-0.15, -0.1) is 0 Å². The van der Waals surface area contributed by atoms with E-state index < -0.39 is 0 Å². The van der Waals surface area contributed by atoms with E-state index in [0.29, 0.717) is 29.5 Å². The van der Waals surface area contributed by atoms with E-state index in [1.807, 2.05) is 24.9 Å². The maximum absolute atomic E-state index is 12.7. The van der Waals surface area contributed by atoms with E-state index in [4.69, 9.17) is 4.52 Å². The molecular formula is C15H20N4O2. The topological polar surface area (TPSA) is 75.0 Å². The van der Waals surface area contributed by atoms with E-state index in [-0.39, 0.29) is 5.91 Å². The maximum atomic E-state index is 12.7. The van der Waals surface area contributed by atoms with Crippen molar-refractivity contribution in [2.75, 3.05) is 13.1 Å². The smallest absolute Gasteiger partial charge is 0.259 e. The highest BCUT2D eigenvalue weighted by atomic mass is 16.5. The van der Waals surface area contributed by atoms with Crippen LogP contribution in [0.25, 0.3) is 0 Å². The van der Waals surface area contributed by atoms with Crippen LogP contribution in [-0.4, -0.2) is 39.3 Å². The highest BCUT2D eigenvalue weighted by Gasteiger charge is 2.29. The number of rotatable bonds is 2. The van der Waals surface area contributed by atoms with Gasteiger partial charge in [-0.2, -0.15) is 5.10 Å². The van der Waals surface area contributed by atoms with Crippen molar-refractivity contribution in [3.63, 3.8) is 0 Å². The number of aryl methyl sites for hydroxylation is 3. The molecule has 1 amide bonds. The van der Waals surface area contributed by atoms with Gasteiger partial charge in [0.25, 0.3) is 5.91 Å². The molecule has 1 N–H and O–H groups in total. The predicted octanol–water partition coefficient (Wildman–Crippen LogP) is 2.34. The van der Waals surface area contributed by atoms with Crippen LogP contribution in [0.4, 0.5) is 0 Å². The second-order valence-corrected chi connectivity index (χ2v) is 5.76. The van der Waals surface area contributed by atoms with Crippen molar-refractivity contribution in [2.45, 2.75) is 39.5 Å². The van der Waals surface area contributed by atoms with Gasteiger partial charge >= 0.3 is 0 Å². The Morgan fingerprint density at radius 2 is 2.24 bits per heavy atom. The molecule has 6 heteroatoms. The molecule has 112 valence electrons. The Balaban J connectivity index is 1.80. The lowest BCUT2D eigenvalue weighted by Gasteiger charge is -2.32. The molecule has 1 fully saturated rings. The fourth-order valence-corrected chi connectivity index (χ4v) is 3.11. The number of amides is 1. The number of aromatic nitrogens is 3. The van der Waals surface area contributed by atoms with Crippen molar-refractivity contribution in [3.05, 3.63) is 34.5 Å². The summed E-state index contributed by atoms with van der Waals surface area (Å²) < 4.78 is 5.11. The lowest BCUT2D eigenvalue weighted by molar-refractivity contribution is 0.0703. The van der Waals surface area contributed by atoms with E-state index in [1.165, 1.54) is 0 Å². The van der Waals surface area contributed by atoms with Gasteiger partial charge in [-0.25, -0.2) is 0 Å². The van der Waals surface area contributed by atoms with Crippen molar-refractivity contribution in [1.29, 1.82) is 0 Å². The highest BCUT2D eigenvalue weighted by molar-refractivity contribution is 5.96. The molecule has 0 spiro atoms. The van der Waals surface area contributed by atoms with Crippen LogP contribution in [0.15, 0.2) is 10.7 Å². The average molecular weight is 288 g/mol. The quantitative estimate of drug-likeness (QED) is 0.920. The number of aromatic amines is 1.